The second kappa shape index (κ2) is 6.02. The Morgan fingerprint density at radius 2 is 1.89 bits per heavy atom. The van der Waals surface area contributed by atoms with Crippen molar-refractivity contribution in [1.29, 1.82) is 0 Å². The number of H-pyrrole nitrogens is 1. The smallest absolute Gasteiger partial charge is 0.205 e. The van der Waals surface area contributed by atoms with Gasteiger partial charge in [-0.3, -0.25) is 0 Å². The molecule has 136 valence electrons. The summed E-state index contributed by atoms with van der Waals surface area (Å²) >= 11 is 0. The fraction of sp³-hybridized carbons (Fsp3) is 0.0476. The molecule has 2 heterocycles. The van der Waals surface area contributed by atoms with E-state index in [0.29, 0.717) is 16.7 Å². The first-order valence-corrected chi connectivity index (χ1v) is 8.78. The Kier molecular flexibility index (Phi) is 3.48. The highest BCUT2D eigenvalue weighted by Crippen LogP contribution is 2.29. The summed E-state index contributed by atoms with van der Waals surface area (Å²) in [6, 6.07) is 17.2. The van der Waals surface area contributed by atoms with Crippen LogP contribution in [0.5, 0.6) is 5.75 Å². The van der Waals surface area contributed by atoms with Gasteiger partial charge in [0.25, 0.3) is 0 Å². The van der Waals surface area contributed by atoms with E-state index in [-0.39, 0.29) is 17.3 Å². The van der Waals surface area contributed by atoms with Gasteiger partial charge in [-0.1, -0.05) is 42.0 Å². The third-order valence-corrected chi connectivity index (χ3v) is 4.85. The van der Waals surface area contributed by atoms with Crippen molar-refractivity contribution in [1.82, 2.24) is 20.2 Å². The SMILES string of the molecule is Cc1ccc2[nH]c3nc(/C(=N/N)c4c(O)ccc5ccccc45)nnc3c2c1. The van der Waals surface area contributed by atoms with Crippen molar-refractivity contribution < 1.29 is 5.11 Å². The van der Waals surface area contributed by atoms with E-state index in [9.17, 15) is 5.11 Å². The van der Waals surface area contributed by atoms with Crippen molar-refractivity contribution in [3.63, 3.8) is 0 Å². The Balaban J connectivity index is 1.75. The molecule has 0 spiro atoms. The predicted molar refractivity (Wildman–Crippen MR) is 109 cm³/mol. The molecule has 0 radical (unpaired) electrons. The number of hydrogen-bond donors (Lipinski definition) is 3. The summed E-state index contributed by atoms with van der Waals surface area (Å²) in [6.07, 6.45) is 0. The fourth-order valence-electron chi connectivity index (χ4n) is 3.53. The average molecular weight is 368 g/mol. The van der Waals surface area contributed by atoms with Gasteiger partial charge in [0.15, 0.2) is 5.65 Å². The number of aromatic hydroxyl groups is 1. The van der Waals surface area contributed by atoms with Gasteiger partial charge >= 0.3 is 0 Å². The molecule has 0 aliphatic carbocycles. The Hall–Kier alpha value is -4.00. The molecule has 0 saturated carbocycles. The van der Waals surface area contributed by atoms with E-state index in [1.807, 2.05) is 55.5 Å². The molecular formula is C21H16N6O. The molecule has 0 bridgehead atoms. The molecule has 0 atom stereocenters. The lowest BCUT2D eigenvalue weighted by Crippen LogP contribution is -2.13. The van der Waals surface area contributed by atoms with Gasteiger partial charge in [-0.05, 0) is 35.9 Å². The minimum Gasteiger partial charge on any atom is -0.507 e. The van der Waals surface area contributed by atoms with Gasteiger partial charge in [0.1, 0.15) is 17.0 Å². The molecule has 2 aromatic heterocycles. The predicted octanol–water partition coefficient (Wildman–Crippen LogP) is 3.38. The number of phenols is 1. The summed E-state index contributed by atoms with van der Waals surface area (Å²) in [6.45, 7) is 2.02. The highest BCUT2D eigenvalue weighted by molar-refractivity contribution is 6.19. The van der Waals surface area contributed by atoms with Gasteiger partial charge in [-0.25, -0.2) is 4.98 Å². The minimum atomic E-state index is 0.0545. The van der Waals surface area contributed by atoms with Gasteiger partial charge in [0.2, 0.25) is 5.82 Å². The summed E-state index contributed by atoms with van der Waals surface area (Å²) in [5.74, 6) is 5.99. The number of nitrogens with zero attached hydrogens (tertiary/aromatic N) is 4. The van der Waals surface area contributed by atoms with Crippen molar-refractivity contribution in [2.45, 2.75) is 6.92 Å². The molecule has 7 nitrogen and oxygen atoms in total. The molecule has 0 saturated heterocycles. The molecule has 0 aliphatic rings. The van der Waals surface area contributed by atoms with Gasteiger partial charge in [-0.15, -0.1) is 10.2 Å². The van der Waals surface area contributed by atoms with Gasteiger partial charge in [-0.2, -0.15) is 5.10 Å². The molecular weight excluding hydrogens is 352 g/mol. The summed E-state index contributed by atoms with van der Waals surface area (Å²) in [4.78, 5) is 7.84. The van der Waals surface area contributed by atoms with Crippen LogP contribution in [-0.2, 0) is 0 Å². The Morgan fingerprint density at radius 3 is 2.75 bits per heavy atom. The fourth-order valence-corrected chi connectivity index (χ4v) is 3.53. The third-order valence-electron chi connectivity index (χ3n) is 4.85. The first-order valence-electron chi connectivity index (χ1n) is 8.78. The van der Waals surface area contributed by atoms with E-state index in [2.05, 4.69) is 25.3 Å². The maximum Gasteiger partial charge on any atom is 0.205 e. The quantitative estimate of drug-likeness (QED) is 0.251. The van der Waals surface area contributed by atoms with E-state index in [1.165, 1.54) is 0 Å². The highest BCUT2D eigenvalue weighted by atomic mass is 16.3. The molecule has 3 aromatic carbocycles. The van der Waals surface area contributed by atoms with Crippen LogP contribution in [0, 0.1) is 6.92 Å². The zero-order chi connectivity index (χ0) is 19.3. The number of hydrazone groups is 1. The molecule has 5 rings (SSSR count). The van der Waals surface area contributed by atoms with Crippen LogP contribution in [0.1, 0.15) is 17.0 Å². The third kappa shape index (κ3) is 2.37. The number of phenolic OH excluding ortho intramolecular Hbond substituents is 1. The van der Waals surface area contributed by atoms with Crippen LogP contribution < -0.4 is 5.84 Å². The second-order valence-corrected chi connectivity index (χ2v) is 6.67. The number of fused-ring (bicyclic) bond motifs is 4. The zero-order valence-electron chi connectivity index (χ0n) is 15.0. The monoisotopic (exact) mass is 368 g/mol. The lowest BCUT2D eigenvalue weighted by molar-refractivity contribution is 0.475. The molecule has 4 N–H and O–H groups in total. The molecule has 0 fully saturated rings. The van der Waals surface area contributed by atoms with Crippen LogP contribution in [0.2, 0.25) is 0 Å². The number of aryl methyl sites for hydroxylation is 1. The zero-order valence-corrected chi connectivity index (χ0v) is 15.0. The summed E-state index contributed by atoms with van der Waals surface area (Å²) in [7, 11) is 0. The summed E-state index contributed by atoms with van der Waals surface area (Å²) in [5, 5.41) is 25.7. The molecule has 28 heavy (non-hydrogen) atoms. The molecule has 7 heteroatoms. The average Bonchev–Trinajstić information content (AvgIpc) is 3.07. The number of aromatic nitrogens is 4. The first kappa shape index (κ1) is 16.2. The lowest BCUT2D eigenvalue weighted by Gasteiger charge is -2.10. The summed E-state index contributed by atoms with van der Waals surface area (Å²) < 4.78 is 0. The van der Waals surface area contributed by atoms with Gasteiger partial charge < -0.3 is 15.9 Å². The van der Waals surface area contributed by atoms with E-state index in [0.717, 1.165) is 27.2 Å². The molecule has 5 aromatic rings. The van der Waals surface area contributed by atoms with Crippen molar-refractivity contribution in [3.8, 4) is 5.75 Å². The van der Waals surface area contributed by atoms with Crippen molar-refractivity contribution >= 4 is 38.6 Å². The van der Waals surface area contributed by atoms with Crippen LogP contribution in [0.4, 0.5) is 0 Å². The largest absolute Gasteiger partial charge is 0.507 e. The highest BCUT2D eigenvalue weighted by Gasteiger charge is 2.20. The van der Waals surface area contributed by atoms with Crippen LogP contribution in [0.3, 0.4) is 0 Å². The second-order valence-electron chi connectivity index (χ2n) is 6.67. The number of aromatic amines is 1. The van der Waals surface area contributed by atoms with Crippen molar-refractivity contribution in [2.75, 3.05) is 0 Å². The van der Waals surface area contributed by atoms with Crippen molar-refractivity contribution in [2.24, 2.45) is 10.9 Å². The number of nitrogens with one attached hydrogen (secondary N) is 1. The van der Waals surface area contributed by atoms with Crippen LogP contribution in [0.15, 0.2) is 59.7 Å². The van der Waals surface area contributed by atoms with E-state index in [1.54, 1.807) is 6.07 Å². The maximum absolute atomic E-state index is 10.5. The van der Waals surface area contributed by atoms with E-state index >= 15 is 0 Å². The molecule has 0 unspecified atom stereocenters. The van der Waals surface area contributed by atoms with Crippen LogP contribution in [0.25, 0.3) is 32.8 Å². The number of benzene rings is 3. The minimum absolute atomic E-state index is 0.0545. The summed E-state index contributed by atoms with van der Waals surface area (Å²) in [5.41, 5.74) is 4.09. The number of hydrogen-bond acceptors (Lipinski definition) is 6. The standard InChI is InChI=1S/C21H16N6O/c1-11-6-8-15-14(10-11)18-20(23-15)24-21(27-26-18)19(25-22)17-13-5-3-2-4-12(13)7-9-16(17)28/h2-10,28H,22H2,1H3,(H,23,24,27)/b25-19+. The Morgan fingerprint density at radius 1 is 1.04 bits per heavy atom. The Bertz CT molecular complexity index is 1400. The molecule has 0 amide bonds. The molecule has 0 aliphatic heterocycles. The first-order chi connectivity index (χ1) is 13.7. The topological polar surface area (TPSA) is 113 Å². The van der Waals surface area contributed by atoms with Crippen LogP contribution >= 0.6 is 0 Å². The normalized spacial score (nSPS) is 12.2. The number of rotatable bonds is 2. The van der Waals surface area contributed by atoms with E-state index in [4.69, 9.17) is 5.84 Å². The lowest BCUT2D eigenvalue weighted by atomic mass is 9.99. The van der Waals surface area contributed by atoms with Gasteiger partial charge in [0, 0.05) is 10.9 Å². The van der Waals surface area contributed by atoms with Crippen LogP contribution in [-0.4, -0.2) is 31.0 Å². The van der Waals surface area contributed by atoms with Crippen molar-refractivity contribution in [3.05, 3.63) is 71.5 Å². The number of nitrogens with two attached hydrogens (primary N) is 1. The maximum atomic E-state index is 10.5. The Labute approximate surface area is 159 Å². The van der Waals surface area contributed by atoms with Gasteiger partial charge in [0.05, 0.1) is 5.56 Å². The van der Waals surface area contributed by atoms with E-state index < -0.39 is 0 Å².